The third-order valence-corrected chi connectivity index (χ3v) is 2.06. The number of thioether (sulfide) groups is 1. The van der Waals surface area contributed by atoms with Gasteiger partial charge in [0.2, 0.25) is 5.91 Å². The van der Waals surface area contributed by atoms with E-state index in [1.807, 2.05) is 13.2 Å². The molecule has 0 saturated carbocycles. The van der Waals surface area contributed by atoms with E-state index in [0.717, 1.165) is 5.75 Å². The summed E-state index contributed by atoms with van der Waals surface area (Å²) in [5, 5.41) is 2.50. The topological polar surface area (TPSA) is 46.2 Å². The number of aldehydes is 1. The average Bonchev–Trinajstić information content (AvgIpc) is 2.00. The summed E-state index contributed by atoms with van der Waals surface area (Å²) in [6.45, 7) is 1.97. The minimum atomic E-state index is -0.0496. The molecule has 0 fully saturated rings. The zero-order chi connectivity index (χ0) is 8.69. The standard InChI is InChI=1S/C7H13NO2S/c1-6(5-11-2)7(10)8-3-4-9/h4,6H,3,5H2,1-2H3,(H,8,10)/t6-/m0/s1. The molecular formula is C7H13NO2S. The molecule has 11 heavy (non-hydrogen) atoms. The first kappa shape index (κ1) is 10.5. The summed E-state index contributed by atoms with van der Waals surface area (Å²) >= 11 is 1.62. The number of hydrogen-bond donors (Lipinski definition) is 1. The third-order valence-electron chi connectivity index (χ3n) is 1.22. The van der Waals surface area contributed by atoms with Gasteiger partial charge in [0.15, 0.2) is 0 Å². The Bertz CT molecular complexity index is 138. The Balaban J connectivity index is 3.54. The van der Waals surface area contributed by atoms with Crippen molar-refractivity contribution in [2.45, 2.75) is 6.92 Å². The van der Waals surface area contributed by atoms with Crippen molar-refractivity contribution >= 4 is 24.0 Å². The summed E-state index contributed by atoms with van der Waals surface area (Å²) < 4.78 is 0. The Morgan fingerprint density at radius 1 is 1.73 bits per heavy atom. The van der Waals surface area contributed by atoms with Gasteiger partial charge in [-0.3, -0.25) is 4.79 Å². The van der Waals surface area contributed by atoms with Crippen molar-refractivity contribution in [3.05, 3.63) is 0 Å². The maximum atomic E-state index is 11.0. The van der Waals surface area contributed by atoms with Crippen LogP contribution in [0.4, 0.5) is 0 Å². The molecule has 0 radical (unpaired) electrons. The Morgan fingerprint density at radius 2 is 2.36 bits per heavy atom. The zero-order valence-electron chi connectivity index (χ0n) is 6.79. The van der Waals surface area contributed by atoms with Gasteiger partial charge in [0.25, 0.3) is 0 Å². The van der Waals surface area contributed by atoms with E-state index in [0.29, 0.717) is 6.29 Å². The zero-order valence-corrected chi connectivity index (χ0v) is 7.61. The highest BCUT2D eigenvalue weighted by Gasteiger charge is 2.10. The van der Waals surface area contributed by atoms with Gasteiger partial charge in [0, 0.05) is 11.7 Å². The number of carbonyl (C=O) groups excluding carboxylic acids is 2. The molecule has 0 unspecified atom stereocenters. The van der Waals surface area contributed by atoms with Gasteiger partial charge in [-0.05, 0) is 6.26 Å². The smallest absolute Gasteiger partial charge is 0.224 e. The van der Waals surface area contributed by atoms with E-state index in [1.54, 1.807) is 11.8 Å². The lowest BCUT2D eigenvalue weighted by molar-refractivity contribution is -0.125. The lowest BCUT2D eigenvalue weighted by Gasteiger charge is -2.07. The largest absolute Gasteiger partial charge is 0.349 e. The second kappa shape index (κ2) is 6.22. The molecule has 0 aromatic heterocycles. The van der Waals surface area contributed by atoms with E-state index in [9.17, 15) is 9.59 Å². The summed E-state index contributed by atoms with van der Waals surface area (Å²) in [4.78, 5) is 20.9. The monoisotopic (exact) mass is 175 g/mol. The molecule has 0 rings (SSSR count). The maximum absolute atomic E-state index is 11.0. The van der Waals surface area contributed by atoms with E-state index >= 15 is 0 Å². The molecule has 3 nitrogen and oxygen atoms in total. The van der Waals surface area contributed by atoms with Crippen molar-refractivity contribution in [2.75, 3.05) is 18.6 Å². The number of hydrogen-bond acceptors (Lipinski definition) is 3. The number of amides is 1. The van der Waals surface area contributed by atoms with Gasteiger partial charge in [-0.2, -0.15) is 11.8 Å². The second-order valence-corrected chi connectivity index (χ2v) is 3.18. The lowest BCUT2D eigenvalue weighted by Crippen LogP contribution is -2.31. The lowest BCUT2D eigenvalue weighted by atomic mass is 10.2. The summed E-state index contributed by atoms with van der Waals surface area (Å²) in [6, 6.07) is 0. The summed E-state index contributed by atoms with van der Waals surface area (Å²) in [5.74, 6) is 0.737. The number of rotatable bonds is 5. The molecule has 0 aliphatic rings. The van der Waals surface area contributed by atoms with E-state index in [1.165, 1.54) is 0 Å². The predicted octanol–water partition coefficient (Wildman–Crippen LogP) is 0.301. The molecular weight excluding hydrogens is 162 g/mol. The molecule has 0 aliphatic heterocycles. The van der Waals surface area contributed by atoms with Crippen molar-refractivity contribution in [3.8, 4) is 0 Å². The van der Waals surface area contributed by atoms with Gasteiger partial charge in [-0.15, -0.1) is 0 Å². The minimum absolute atomic E-state index is 0.00931. The molecule has 4 heteroatoms. The summed E-state index contributed by atoms with van der Waals surface area (Å²) in [7, 11) is 0. The predicted molar refractivity (Wildman–Crippen MR) is 46.6 cm³/mol. The minimum Gasteiger partial charge on any atom is -0.349 e. The quantitative estimate of drug-likeness (QED) is 0.611. The number of nitrogens with one attached hydrogen (secondary N) is 1. The van der Waals surface area contributed by atoms with Crippen LogP contribution in [0.25, 0.3) is 0 Å². The van der Waals surface area contributed by atoms with Crippen LogP contribution in [0.5, 0.6) is 0 Å². The highest BCUT2D eigenvalue weighted by atomic mass is 32.2. The van der Waals surface area contributed by atoms with Crippen molar-refractivity contribution in [1.82, 2.24) is 5.32 Å². The fourth-order valence-electron chi connectivity index (χ4n) is 0.642. The van der Waals surface area contributed by atoms with Gasteiger partial charge in [0.05, 0.1) is 6.54 Å². The Labute approximate surface area is 70.9 Å². The molecule has 0 spiro atoms. The van der Waals surface area contributed by atoms with Crippen LogP contribution < -0.4 is 5.32 Å². The Kier molecular flexibility index (Phi) is 5.93. The fourth-order valence-corrected chi connectivity index (χ4v) is 1.29. The summed E-state index contributed by atoms with van der Waals surface area (Å²) in [5.41, 5.74) is 0. The van der Waals surface area contributed by atoms with E-state index in [-0.39, 0.29) is 18.4 Å². The first-order chi connectivity index (χ1) is 5.22. The third kappa shape index (κ3) is 4.84. The van der Waals surface area contributed by atoms with Gasteiger partial charge < -0.3 is 10.1 Å². The normalized spacial score (nSPS) is 12.2. The Morgan fingerprint density at radius 3 is 2.82 bits per heavy atom. The van der Waals surface area contributed by atoms with Crippen molar-refractivity contribution in [2.24, 2.45) is 5.92 Å². The van der Waals surface area contributed by atoms with Crippen LogP contribution in [0, 0.1) is 5.92 Å². The summed E-state index contributed by atoms with van der Waals surface area (Å²) in [6.07, 6.45) is 2.63. The van der Waals surface area contributed by atoms with Gasteiger partial charge in [-0.25, -0.2) is 0 Å². The average molecular weight is 175 g/mol. The van der Waals surface area contributed by atoms with Gasteiger partial charge in [0.1, 0.15) is 6.29 Å². The van der Waals surface area contributed by atoms with Crippen LogP contribution in [0.2, 0.25) is 0 Å². The fraction of sp³-hybridized carbons (Fsp3) is 0.714. The molecule has 64 valence electrons. The molecule has 0 aliphatic carbocycles. The van der Waals surface area contributed by atoms with Crippen molar-refractivity contribution in [3.63, 3.8) is 0 Å². The Hall–Kier alpha value is -0.510. The van der Waals surface area contributed by atoms with E-state index < -0.39 is 0 Å². The maximum Gasteiger partial charge on any atom is 0.224 e. The van der Waals surface area contributed by atoms with Crippen LogP contribution in [-0.4, -0.2) is 30.7 Å². The molecule has 0 aromatic carbocycles. The SMILES string of the molecule is CSC[C@H](C)C(=O)NCC=O. The van der Waals surface area contributed by atoms with Crippen LogP contribution in [0.3, 0.4) is 0 Å². The molecule has 0 aromatic rings. The van der Waals surface area contributed by atoms with Gasteiger partial charge >= 0.3 is 0 Å². The van der Waals surface area contributed by atoms with Crippen LogP contribution in [0.1, 0.15) is 6.92 Å². The van der Waals surface area contributed by atoms with Crippen LogP contribution in [-0.2, 0) is 9.59 Å². The molecule has 1 amide bonds. The second-order valence-electron chi connectivity index (χ2n) is 2.27. The van der Waals surface area contributed by atoms with Gasteiger partial charge in [-0.1, -0.05) is 6.92 Å². The highest BCUT2D eigenvalue weighted by Crippen LogP contribution is 2.03. The molecule has 0 bridgehead atoms. The first-order valence-electron chi connectivity index (χ1n) is 3.42. The highest BCUT2D eigenvalue weighted by molar-refractivity contribution is 7.98. The molecule has 0 saturated heterocycles. The first-order valence-corrected chi connectivity index (χ1v) is 4.82. The van der Waals surface area contributed by atoms with E-state index in [4.69, 9.17) is 0 Å². The van der Waals surface area contributed by atoms with Crippen molar-refractivity contribution in [1.29, 1.82) is 0 Å². The van der Waals surface area contributed by atoms with Crippen molar-refractivity contribution < 1.29 is 9.59 Å². The molecule has 0 heterocycles. The van der Waals surface area contributed by atoms with Crippen LogP contribution in [0.15, 0.2) is 0 Å². The number of carbonyl (C=O) groups is 2. The van der Waals surface area contributed by atoms with Crippen LogP contribution >= 0.6 is 11.8 Å². The van der Waals surface area contributed by atoms with E-state index in [2.05, 4.69) is 5.32 Å². The molecule has 1 N–H and O–H groups in total. The molecule has 1 atom stereocenters.